The van der Waals surface area contributed by atoms with Gasteiger partial charge in [-0.2, -0.15) is 15.2 Å². The van der Waals surface area contributed by atoms with E-state index in [1.807, 2.05) is 18.9 Å². The normalized spacial score (nSPS) is 24.7. The smallest absolute Gasteiger partial charge is 0.319 e. The molecule has 0 aliphatic carbocycles. The fourth-order valence-electron chi connectivity index (χ4n) is 7.55. The highest BCUT2D eigenvalue weighted by Gasteiger charge is 2.40. The largest absolute Gasteiger partial charge is 0.508 e. The van der Waals surface area contributed by atoms with Gasteiger partial charge in [0.25, 0.3) is 0 Å². The molecule has 2 bridgehead atoms. The molecular formula is C35H33F3N6O2. The summed E-state index contributed by atoms with van der Waals surface area (Å²) in [6.45, 7) is 4.70. The van der Waals surface area contributed by atoms with E-state index in [4.69, 9.17) is 16.1 Å². The monoisotopic (exact) mass is 626 g/mol. The molecule has 0 spiro atoms. The standard InChI is InChI=1S/C35H33F3N6O2/c1-4-24-27(36)8-5-19-11-23(45)12-25(29(19)24)30-28(37)13-26-32(31(30)38)41-34(42-33(26)44-15-21-6-7-22(16-44)40-21)46-18-35(2)17-43(3)10-9-20(35)14-39/h1,5,8,11-13,20-22,40,45H,6-7,9-10,15-18H2,2-3H3/t20-,21-,22+,35-/m1/s1. The van der Waals surface area contributed by atoms with Gasteiger partial charge in [-0.1, -0.05) is 18.9 Å². The number of likely N-dealkylation sites (tertiary alicyclic amines) is 1. The van der Waals surface area contributed by atoms with Crippen molar-refractivity contribution in [1.82, 2.24) is 20.2 Å². The second kappa shape index (κ2) is 11.3. The third-order valence-corrected chi connectivity index (χ3v) is 9.78. The van der Waals surface area contributed by atoms with Gasteiger partial charge in [0, 0.05) is 53.5 Å². The molecule has 3 fully saturated rings. The number of halogens is 3. The van der Waals surface area contributed by atoms with Crippen LogP contribution in [0.5, 0.6) is 11.8 Å². The Hall–Kier alpha value is -4.58. The first-order valence-electron chi connectivity index (χ1n) is 15.4. The summed E-state index contributed by atoms with van der Waals surface area (Å²) in [5.74, 6) is -0.553. The predicted octanol–water partition coefficient (Wildman–Crippen LogP) is 5.36. The number of nitriles is 1. The van der Waals surface area contributed by atoms with Gasteiger partial charge in [0.1, 0.15) is 28.7 Å². The molecule has 4 heterocycles. The SMILES string of the molecule is C#Cc1c(F)ccc2cc(O)cc(-c3c(F)cc4c(N5C[C@H]6CC[C@@H](C5)N6)nc(OC[C@@]5(C)CN(C)CC[C@@H]5C#N)nc4c3F)c12. The fraction of sp³-hybridized carbons (Fsp3) is 0.400. The Morgan fingerprint density at radius 2 is 1.87 bits per heavy atom. The number of nitrogens with one attached hydrogen (secondary N) is 1. The first kappa shape index (κ1) is 30.1. The van der Waals surface area contributed by atoms with Crippen LogP contribution in [-0.2, 0) is 0 Å². The number of phenols is 1. The first-order chi connectivity index (χ1) is 22.1. The number of piperidine rings is 1. The molecular weight excluding hydrogens is 593 g/mol. The average Bonchev–Trinajstić information content (AvgIpc) is 3.37. The van der Waals surface area contributed by atoms with Crippen LogP contribution in [0.1, 0.15) is 31.7 Å². The summed E-state index contributed by atoms with van der Waals surface area (Å²) in [5.41, 5.74) is -1.49. The Morgan fingerprint density at radius 1 is 1.11 bits per heavy atom. The minimum absolute atomic E-state index is 0.0906. The number of phenolic OH excluding ortho intramolecular Hbond substituents is 1. The van der Waals surface area contributed by atoms with Crippen molar-refractivity contribution >= 4 is 27.5 Å². The molecule has 4 aromatic rings. The number of aromatic nitrogens is 2. The third-order valence-electron chi connectivity index (χ3n) is 9.78. The molecule has 7 rings (SSSR count). The van der Waals surface area contributed by atoms with Gasteiger partial charge in [0.2, 0.25) is 0 Å². The highest BCUT2D eigenvalue weighted by molar-refractivity contribution is 6.04. The topological polar surface area (TPSA) is 97.5 Å². The number of fused-ring (bicyclic) bond motifs is 4. The molecule has 46 heavy (non-hydrogen) atoms. The van der Waals surface area contributed by atoms with Gasteiger partial charge in [-0.15, -0.1) is 6.42 Å². The minimum atomic E-state index is -1.01. The Morgan fingerprint density at radius 3 is 2.59 bits per heavy atom. The van der Waals surface area contributed by atoms with Crippen molar-refractivity contribution in [2.75, 3.05) is 44.7 Å². The third kappa shape index (κ3) is 5.04. The van der Waals surface area contributed by atoms with Crippen LogP contribution in [0.15, 0.2) is 30.3 Å². The zero-order valence-corrected chi connectivity index (χ0v) is 25.6. The Labute approximate surface area is 264 Å². The molecule has 3 saturated heterocycles. The summed E-state index contributed by atoms with van der Waals surface area (Å²) in [6.07, 6.45) is 8.30. The molecule has 2 N–H and O–H groups in total. The van der Waals surface area contributed by atoms with Crippen molar-refractivity contribution in [3.05, 3.63) is 53.3 Å². The number of hydrogen-bond donors (Lipinski definition) is 2. The molecule has 3 aliphatic rings. The summed E-state index contributed by atoms with van der Waals surface area (Å²) in [6, 6.07) is 9.01. The second-order valence-electron chi connectivity index (χ2n) is 13.1. The van der Waals surface area contributed by atoms with Crippen molar-refractivity contribution < 1.29 is 23.0 Å². The molecule has 236 valence electrons. The van der Waals surface area contributed by atoms with E-state index in [0.717, 1.165) is 25.5 Å². The fourth-order valence-corrected chi connectivity index (χ4v) is 7.55. The lowest BCUT2D eigenvalue weighted by Crippen LogP contribution is -2.51. The zero-order chi connectivity index (χ0) is 32.3. The number of hydrogen-bond acceptors (Lipinski definition) is 8. The van der Waals surface area contributed by atoms with Crippen LogP contribution in [0, 0.1) is 52.5 Å². The molecule has 11 heteroatoms. The van der Waals surface area contributed by atoms with E-state index < -0.39 is 28.4 Å². The minimum Gasteiger partial charge on any atom is -0.508 e. The van der Waals surface area contributed by atoms with E-state index in [2.05, 4.69) is 27.2 Å². The van der Waals surface area contributed by atoms with E-state index in [1.165, 1.54) is 24.3 Å². The van der Waals surface area contributed by atoms with Gasteiger partial charge >= 0.3 is 6.01 Å². The van der Waals surface area contributed by atoms with E-state index in [-0.39, 0.29) is 63.8 Å². The quantitative estimate of drug-likeness (QED) is 0.286. The number of rotatable bonds is 5. The molecule has 0 unspecified atom stereocenters. The van der Waals surface area contributed by atoms with Gasteiger partial charge in [-0.3, -0.25) is 0 Å². The first-order valence-corrected chi connectivity index (χ1v) is 15.4. The number of ether oxygens (including phenoxy) is 1. The van der Waals surface area contributed by atoms with Crippen LogP contribution in [0.25, 0.3) is 32.8 Å². The summed E-state index contributed by atoms with van der Waals surface area (Å²) in [7, 11) is 1.99. The molecule has 4 atom stereocenters. The molecule has 3 aliphatic heterocycles. The van der Waals surface area contributed by atoms with Crippen LogP contribution in [0.4, 0.5) is 19.0 Å². The van der Waals surface area contributed by atoms with Gasteiger partial charge in [0.05, 0.1) is 29.7 Å². The summed E-state index contributed by atoms with van der Waals surface area (Å²) >= 11 is 0. The number of terminal acetylenes is 1. The highest BCUT2D eigenvalue weighted by atomic mass is 19.1. The number of anilines is 1. The Bertz CT molecular complexity index is 1960. The maximum Gasteiger partial charge on any atom is 0.319 e. The van der Waals surface area contributed by atoms with Crippen molar-refractivity contribution in [1.29, 1.82) is 5.26 Å². The summed E-state index contributed by atoms with van der Waals surface area (Å²) in [5, 5.41) is 24.5. The second-order valence-corrected chi connectivity index (χ2v) is 13.1. The summed E-state index contributed by atoms with van der Waals surface area (Å²) in [4.78, 5) is 13.3. The number of nitrogens with zero attached hydrogens (tertiary/aromatic N) is 5. The van der Waals surface area contributed by atoms with Gasteiger partial charge in [-0.05, 0) is 62.5 Å². The van der Waals surface area contributed by atoms with E-state index >= 15 is 8.78 Å². The molecule has 0 radical (unpaired) electrons. The molecule has 3 aromatic carbocycles. The lowest BCUT2D eigenvalue weighted by molar-refractivity contribution is 0.0345. The molecule has 0 saturated carbocycles. The van der Waals surface area contributed by atoms with E-state index in [9.17, 15) is 14.8 Å². The van der Waals surface area contributed by atoms with Crippen LogP contribution in [0.2, 0.25) is 0 Å². The lowest BCUT2D eigenvalue weighted by Gasteiger charge is -2.41. The van der Waals surface area contributed by atoms with Gasteiger partial charge in [-0.25, -0.2) is 13.2 Å². The molecule has 8 nitrogen and oxygen atoms in total. The molecule has 1 aromatic heterocycles. The lowest BCUT2D eigenvalue weighted by atomic mass is 9.74. The van der Waals surface area contributed by atoms with E-state index in [0.29, 0.717) is 37.3 Å². The van der Waals surface area contributed by atoms with E-state index in [1.54, 1.807) is 0 Å². The number of benzene rings is 3. The number of piperazine rings is 1. The van der Waals surface area contributed by atoms with Crippen molar-refractivity contribution in [2.45, 2.75) is 38.3 Å². The van der Waals surface area contributed by atoms with Crippen molar-refractivity contribution in [3.63, 3.8) is 0 Å². The maximum atomic E-state index is 16.8. The average molecular weight is 627 g/mol. The highest BCUT2D eigenvalue weighted by Crippen LogP contribution is 2.42. The van der Waals surface area contributed by atoms with Crippen LogP contribution >= 0.6 is 0 Å². The van der Waals surface area contributed by atoms with Gasteiger partial charge in [0.15, 0.2) is 5.82 Å². The maximum absolute atomic E-state index is 16.8. The Balaban J connectivity index is 1.41. The molecule has 0 amide bonds. The predicted molar refractivity (Wildman–Crippen MR) is 169 cm³/mol. The summed E-state index contributed by atoms with van der Waals surface area (Å²) < 4.78 is 54.1. The number of aromatic hydroxyl groups is 1. The Kier molecular flexibility index (Phi) is 7.42. The van der Waals surface area contributed by atoms with Crippen molar-refractivity contribution in [2.24, 2.45) is 11.3 Å². The van der Waals surface area contributed by atoms with Crippen LogP contribution in [0.3, 0.4) is 0 Å². The zero-order valence-electron chi connectivity index (χ0n) is 25.6. The van der Waals surface area contributed by atoms with Crippen LogP contribution < -0.4 is 15.0 Å². The van der Waals surface area contributed by atoms with Crippen molar-refractivity contribution in [3.8, 4) is 41.3 Å². The van der Waals surface area contributed by atoms with Gasteiger partial charge < -0.3 is 25.0 Å². The van der Waals surface area contributed by atoms with Crippen LogP contribution in [-0.4, -0.2) is 71.9 Å².